The van der Waals surface area contributed by atoms with Gasteiger partial charge in [-0.1, -0.05) is 36.4 Å². The lowest BCUT2D eigenvalue weighted by molar-refractivity contribution is 0.0660. The van der Waals surface area contributed by atoms with Crippen LogP contribution in [0.3, 0.4) is 0 Å². The number of hydrogen-bond acceptors (Lipinski definition) is 3. The predicted molar refractivity (Wildman–Crippen MR) is 73.0 cm³/mol. The van der Waals surface area contributed by atoms with Crippen molar-refractivity contribution in [3.8, 4) is 0 Å². The molecule has 3 rings (SSSR count). The van der Waals surface area contributed by atoms with Gasteiger partial charge in [-0.05, 0) is 29.0 Å². The van der Waals surface area contributed by atoms with Crippen LogP contribution in [-0.2, 0) is 0 Å². The molecule has 98 valence electrons. The maximum atomic E-state index is 12.2. The Hall–Kier alpha value is -2.88. The number of hydrogen-bond donors (Lipinski definition) is 1. The van der Waals surface area contributed by atoms with E-state index in [4.69, 9.17) is 9.52 Å². The lowest BCUT2D eigenvalue weighted by Crippen LogP contribution is -2.00. The average Bonchev–Trinajstić information content (AvgIpc) is 2.96. The molecule has 20 heavy (non-hydrogen) atoms. The SMILES string of the molecule is O=C(O)c1ccc(C(=O)c2ccc3ccccc3c2)o1. The molecule has 0 aliphatic carbocycles. The van der Waals surface area contributed by atoms with Gasteiger partial charge in [0.2, 0.25) is 11.5 Å². The molecule has 3 aromatic rings. The van der Waals surface area contributed by atoms with Crippen LogP contribution in [0.4, 0.5) is 0 Å². The van der Waals surface area contributed by atoms with Crippen molar-refractivity contribution in [2.75, 3.05) is 0 Å². The first-order valence-electron chi connectivity index (χ1n) is 6.02. The fraction of sp³-hybridized carbons (Fsp3) is 0. The number of benzene rings is 2. The highest BCUT2D eigenvalue weighted by atomic mass is 16.4. The number of fused-ring (bicyclic) bond motifs is 1. The first-order chi connectivity index (χ1) is 9.65. The maximum Gasteiger partial charge on any atom is 0.371 e. The van der Waals surface area contributed by atoms with Crippen LogP contribution in [0.15, 0.2) is 59.0 Å². The lowest BCUT2D eigenvalue weighted by atomic mass is 10.0. The smallest absolute Gasteiger partial charge is 0.371 e. The third kappa shape index (κ3) is 2.07. The van der Waals surface area contributed by atoms with Gasteiger partial charge in [0.25, 0.3) is 0 Å². The monoisotopic (exact) mass is 266 g/mol. The molecule has 2 aromatic carbocycles. The molecule has 0 fully saturated rings. The molecule has 1 N–H and O–H groups in total. The van der Waals surface area contributed by atoms with E-state index in [1.807, 2.05) is 30.3 Å². The fourth-order valence-corrected chi connectivity index (χ4v) is 2.05. The van der Waals surface area contributed by atoms with Gasteiger partial charge < -0.3 is 9.52 Å². The Labute approximate surface area is 114 Å². The third-order valence-corrected chi connectivity index (χ3v) is 3.05. The van der Waals surface area contributed by atoms with Gasteiger partial charge >= 0.3 is 5.97 Å². The van der Waals surface area contributed by atoms with Crippen molar-refractivity contribution in [1.82, 2.24) is 0 Å². The minimum atomic E-state index is -1.19. The molecule has 1 heterocycles. The molecule has 0 saturated heterocycles. The van der Waals surface area contributed by atoms with Crippen LogP contribution in [-0.4, -0.2) is 16.9 Å². The number of ketones is 1. The van der Waals surface area contributed by atoms with Gasteiger partial charge in [-0.3, -0.25) is 4.79 Å². The highest BCUT2D eigenvalue weighted by molar-refractivity contribution is 6.09. The summed E-state index contributed by atoms with van der Waals surface area (Å²) in [5.74, 6) is -1.74. The average molecular weight is 266 g/mol. The normalized spacial score (nSPS) is 10.6. The van der Waals surface area contributed by atoms with Gasteiger partial charge in [-0.15, -0.1) is 0 Å². The Balaban J connectivity index is 2.00. The summed E-state index contributed by atoms with van der Waals surface area (Å²) < 4.78 is 5.02. The van der Waals surface area contributed by atoms with Gasteiger partial charge in [0.15, 0.2) is 5.76 Å². The molecule has 0 radical (unpaired) electrons. The molecule has 0 spiro atoms. The molecule has 0 bridgehead atoms. The van der Waals surface area contributed by atoms with Crippen LogP contribution in [0.5, 0.6) is 0 Å². The van der Waals surface area contributed by atoms with E-state index in [0.717, 1.165) is 10.8 Å². The summed E-state index contributed by atoms with van der Waals surface area (Å²) in [7, 11) is 0. The number of aromatic carboxylic acids is 1. The standard InChI is InChI=1S/C16H10O4/c17-15(13-7-8-14(20-13)16(18)19)12-6-5-10-3-1-2-4-11(10)9-12/h1-9H,(H,18,19). The van der Waals surface area contributed by atoms with Gasteiger partial charge in [-0.25, -0.2) is 4.79 Å². The van der Waals surface area contributed by atoms with E-state index < -0.39 is 5.97 Å². The Morgan fingerprint density at radius 2 is 1.55 bits per heavy atom. The third-order valence-electron chi connectivity index (χ3n) is 3.05. The molecular formula is C16H10O4. The Bertz CT molecular complexity index is 814. The second-order valence-corrected chi connectivity index (χ2v) is 4.36. The van der Waals surface area contributed by atoms with Crippen molar-refractivity contribution in [3.63, 3.8) is 0 Å². The quantitative estimate of drug-likeness (QED) is 0.738. The maximum absolute atomic E-state index is 12.2. The van der Waals surface area contributed by atoms with Crippen LogP contribution >= 0.6 is 0 Å². The Morgan fingerprint density at radius 3 is 2.25 bits per heavy atom. The number of carboxylic acid groups (broad SMARTS) is 1. The van der Waals surface area contributed by atoms with Gasteiger partial charge in [-0.2, -0.15) is 0 Å². The summed E-state index contributed by atoms with van der Waals surface area (Å²) in [6.45, 7) is 0. The molecule has 0 aliphatic heterocycles. The minimum Gasteiger partial charge on any atom is -0.475 e. The van der Waals surface area contributed by atoms with Crippen LogP contribution in [0.2, 0.25) is 0 Å². The molecule has 0 amide bonds. The molecule has 1 aromatic heterocycles. The highest BCUT2D eigenvalue weighted by Crippen LogP contribution is 2.19. The van der Waals surface area contributed by atoms with Crippen molar-refractivity contribution in [2.45, 2.75) is 0 Å². The Kier molecular flexibility index (Phi) is 2.84. The zero-order chi connectivity index (χ0) is 14.1. The molecule has 4 nitrogen and oxygen atoms in total. The summed E-state index contributed by atoms with van der Waals surface area (Å²) in [6.07, 6.45) is 0. The van der Waals surface area contributed by atoms with Gasteiger partial charge in [0.05, 0.1) is 0 Å². The summed E-state index contributed by atoms with van der Waals surface area (Å²) >= 11 is 0. The highest BCUT2D eigenvalue weighted by Gasteiger charge is 2.16. The molecule has 4 heteroatoms. The zero-order valence-electron chi connectivity index (χ0n) is 10.4. The van der Waals surface area contributed by atoms with Crippen LogP contribution < -0.4 is 0 Å². The summed E-state index contributed by atoms with van der Waals surface area (Å²) in [5, 5.41) is 10.8. The van der Waals surface area contributed by atoms with Crippen molar-refractivity contribution in [1.29, 1.82) is 0 Å². The van der Waals surface area contributed by atoms with Crippen LogP contribution in [0, 0.1) is 0 Å². The lowest BCUT2D eigenvalue weighted by Gasteiger charge is -2.01. The van der Waals surface area contributed by atoms with Crippen LogP contribution in [0.25, 0.3) is 10.8 Å². The minimum absolute atomic E-state index is 0.0256. The topological polar surface area (TPSA) is 67.5 Å². The molecule has 0 saturated carbocycles. The van der Waals surface area contributed by atoms with Crippen molar-refractivity contribution >= 4 is 22.5 Å². The first-order valence-corrected chi connectivity index (χ1v) is 6.02. The number of rotatable bonds is 3. The van der Waals surface area contributed by atoms with Crippen molar-refractivity contribution in [2.24, 2.45) is 0 Å². The van der Waals surface area contributed by atoms with Crippen molar-refractivity contribution in [3.05, 3.63) is 71.7 Å². The number of carbonyl (C=O) groups excluding carboxylic acids is 1. The summed E-state index contributed by atoms with van der Waals surface area (Å²) in [4.78, 5) is 23.0. The van der Waals surface area contributed by atoms with E-state index in [9.17, 15) is 9.59 Å². The fourth-order valence-electron chi connectivity index (χ4n) is 2.05. The molecule has 0 aliphatic rings. The first kappa shape index (κ1) is 12.2. The van der Waals surface area contributed by atoms with Gasteiger partial charge in [0, 0.05) is 5.56 Å². The summed E-state index contributed by atoms with van der Waals surface area (Å²) in [5.41, 5.74) is 0.468. The second kappa shape index (κ2) is 4.66. The van der Waals surface area contributed by atoms with E-state index in [1.54, 1.807) is 12.1 Å². The Morgan fingerprint density at radius 1 is 0.850 bits per heavy atom. The summed E-state index contributed by atoms with van der Waals surface area (Å²) in [6, 6.07) is 15.7. The number of carbonyl (C=O) groups is 2. The number of furan rings is 1. The second-order valence-electron chi connectivity index (χ2n) is 4.36. The van der Waals surface area contributed by atoms with E-state index >= 15 is 0 Å². The van der Waals surface area contributed by atoms with E-state index in [1.165, 1.54) is 12.1 Å². The molecule has 0 unspecified atom stereocenters. The number of carboxylic acids is 1. The molecule has 0 atom stereocenters. The van der Waals surface area contributed by atoms with Crippen LogP contribution in [0.1, 0.15) is 26.7 Å². The van der Waals surface area contributed by atoms with E-state index in [0.29, 0.717) is 5.56 Å². The van der Waals surface area contributed by atoms with Gasteiger partial charge in [0.1, 0.15) is 0 Å². The van der Waals surface area contributed by atoms with E-state index in [-0.39, 0.29) is 17.3 Å². The van der Waals surface area contributed by atoms with Crippen molar-refractivity contribution < 1.29 is 19.1 Å². The largest absolute Gasteiger partial charge is 0.475 e. The van der Waals surface area contributed by atoms with E-state index in [2.05, 4.69) is 0 Å². The predicted octanol–water partition coefficient (Wildman–Crippen LogP) is 3.36. The zero-order valence-corrected chi connectivity index (χ0v) is 10.4. The molecular weight excluding hydrogens is 256 g/mol.